The number of anilines is 1. The van der Waals surface area contributed by atoms with Gasteiger partial charge in [-0.2, -0.15) is 0 Å². The highest BCUT2D eigenvalue weighted by atomic mass is 35.5. The zero-order valence-electron chi connectivity index (χ0n) is 19.5. The molecule has 0 saturated carbocycles. The van der Waals surface area contributed by atoms with Crippen molar-refractivity contribution in [1.29, 1.82) is 0 Å². The molecule has 1 fully saturated rings. The lowest BCUT2D eigenvalue weighted by Gasteiger charge is -2.26. The second kappa shape index (κ2) is 11.3. The Labute approximate surface area is 212 Å². The Kier molecular flexibility index (Phi) is 7.97. The number of hydrogen-bond acceptors (Lipinski definition) is 5. The van der Waals surface area contributed by atoms with E-state index >= 15 is 0 Å². The molecule has 0 radical (unpaired) electrons. The number of carbonyl (C=O) groups is 3. The average Bonchev–Trinajstić information content (AvgIpc) is 3.32. The first kappa shape index (κ1) is 25.3. The highest BCUT2D eigenvalue weighted by Crippen LogP contribution is 2.23. The van der Waals surface area contributed by atoms with E-state index in [0.717, 1.165) is 32.0 Å². The van der Waals surface area contributed by atoms with Gasteiger partial charge < -0.3 is 21.3 Å². The van der Waals surface area contributed by atoms with Gasteiger partial charge in [0.25, 0.3) is 17.7 Å². The maximum atomic E-state index is 14.9. The number of imidazole rings is 1. The Morgan fingerprint density at radius 3 is 2.50 bits per heavy atom. The molecule has 36 heavy (non-hydrogen) atoms. The molecule has 4 N–H and O–H groups in total. The first-order chi connectivity index (χ1) is 17.3. The Balaban J connectivity index is 1.49. The molecular weight excluding hydrogens is 487 g/mol. The summed E-state index contributed by atoms with van der Waals surface area (Å²) < 4.78 is 16.1. The number of nitrogens with one attached hydrogen (secondary N) is 2. The number of rotatable bonds is 8. The van der Waals surface area contributed by atoms with Crippen LogP contribution in [-0.2, 0) is 0 Å². The maximum Gasteiger partial charge on any atom is 0.272 e. The highest BCUT2D eigenvalue weighted by Gasteiger charge is 2.24. The molecular formula is C25H26ClFN6O3. The van der Waals surface area contributed by atoms with E-state index in [0.29, 0.717) is 13.1 Å². The number of amides is 3. The molecule has 3 aromatic rings. The normalized spacial score (nSPS) is 13.8. The van der Waals surface area contributed by atoms with E-state index in [-0.39, 0.29) is 33.3 Å². The van der Waals surface area contributed by atoms with Gasteiger partial charge in [0.2, 0.25) is 0 Å². The lowest BCUT2D eigenvalue weighted by molar-refractivity contribution is 0.0924. The second-order valence-electron chi connectivity index (χ2n) is 8.43. The van der Waals surface area contributed by atoms with Gasteiger partial charge in [-0.1, -0.05) is 30.2 Å². The van der Waals surface area contributed by atoms with Crippen molar-refractivity contribution in [3.63, 3.8) is 0 Å². The van der Waals surface area contributed by atoms with E-state index in [4.69, 9.17) is 17.3 Å². The number of benzene rings is 2. The molecule has 0 atom stereocenters. The fraction of sp³-hybridized carbons (Fsp3) is 0.280. The molecule has 9 nitrogen and oxygen atoms in total. The van der Waals surface area contributed by atoms with Crippen molar-refractivity contribution >= 4 is 35.0 Å². The fourth-order valence-electron chi connectivity index (χ4n) is 4.13. The van der Waals surface area contributed by atoms with Gasteiger partial charge in [-0.25, -0.2) is 9.37 Å². The Hall–Kier alpha value is -3.76. The second-order valence-corrected chi connectivity index (χ2v) is 8.84. The molecule has 188 valence electrons. The first-order valence-electron chi connectivity index (χ1n) is 11.6. The summed E-state index contributed by atoms with van der Waals surface area (Å²) in [5, 5.41) is 5.48. The quantitative estimate of drug-likeness (QED) is 0.427. The average molecular weight is 513 g/mol. The topological polar surface area (TPSA) is 122 Å². The number of carbonyl (C=O) groups excluding carboxylic acids is 3. The van der Waals surface area contributed by atoms with E-state index < -0.39 is 23.5 Å². The van der Waals surface area contributed by atoms with E-state index in [1.54, 1.807) is 18.2 Å². The summed E-state index contributed by atoms with van der Waals surface area (Å²) in [5.41, 5.74) is 5.55. The fourth-order valence-corrected chi connectivity index (χ4v) is 4.35. The summed E-state index contributed by atoms with van der Waals surface area (Å²) in [6.07, 6.45) is 4.74. The van der Waals surface area contributed by atoms with Crippen LogP contribution in [0.25, 0.3) is 5.69 Å². The van der Waals surface area contributed by atoms with Crippen LogP contribution in [0, 0.1) is 5.82 Å². The summed E-state index contributed by atoms with van der Waals surface area (Å²) in [7, 11) is 0. The number of halogens is 2. The summed E-state index contributed by atoms with van der Waals surface area (Å²) in [6.45, 7) is 3.10. The molecule has 2 aromatic carbocycles. The van der Waals surface area contributed by atoms with Crippen molar-refractivity contribution in [3.05, 3.63) is 76.6 Å². The van der Waals surface area contributed by atoms with E-state index in [1.165, 1.54) is 35.5 Å². The zero-order valence-corrected chi connectivity index (χ0v) is 20.2. The van der Waals surface area contributed by atoms with Crippen LogP contribution >= 0.6 is 11.6 Å². The Bertz CT molecular complexity index is 1290. The minimum atomic E-state index is -0.884. The third kappa shape index (κ3) is 5.72. The SMILES string of the molecule is NC(=O)c1c(C(=O)NCCN2CCCCC2)ncn1-c1ccc(NC(=O)c2ccccc2Cl)c(F)c1. The van der Waals surface area contributed by atoms with Crippen LogP contribution in [0.4, 0.5) is 10.1 Å². The number of hydrogen-bond donors (Lipinski definition) is 3. The van der Waals surface area contributed by atoms with Gasteiger partial charge in [-0.05, 0) is 50.2 Å². The summed E-state index contributed by atoms with van der Waals surface area (Å²) in [4.78, 5) is 43.7. The van der Waals surface area contributed by atoms with E-state index in [9.17, 15) is 18.8 Å². The number of nitrogens with zero attached hydrogens (tertiary/aromatic N) is 3. The molecule has 0 spiro atoms. The van der Waals surface area contributed by atoms with Crippen LogP contribution in [0.5, 0.6) is 0 Å². The van der Waals surface area contributed by atoms with Crippen molar-refractivity contribution in [2.75, 3.05) is 31.5 Å². The molecule has 1 aromatic heterocycles. The summed E-state index contributed by atoms with van der Waals surface area (Å²) in [5.74, 6) is -2.75. The highest BCUT2D eigenvalue weighted by molar-refractivity contribution is 6.34. The first-order valence-corrected chi connectivity index (χ1v) is 12.0. The molecule has 4 rings (SSSR count). The van der Waals surface area contributed by atoms with Crippen molar-refractivity contribution in [1.82, 2.24) is 19.8 Å². The number of nitrogens with two attached hydrogens (primary N) is 1. The molecule has 0 bridgehead atoms. The van der Waals surface area contributed by atoms with Gasteiger partial charge in [0, 0.05) is 19.2 Å². The maximum absolute atomic E-state index is 14.9. The standard InChI is InChI=1S/C25H26ClFN6O3/c26-18-7-3-2-6-17(18)24(35)31-20-9-8-16(14-19(20)27)33-15-30-21(22(33)23(28)34)25(36)29-10-13-32-11-4-1-5-12-32/h2-3,6-9,14-15H,1,4-5,10-13H2,(H2,28,34)(H,29,36)(H,31,35). The third-order valence-electron chi connectivity index (χ3n) is 5.98. The summed E-state index contributed by atoms with van der Waals surface area (Å²) in [6, 6.07) is 10.3. The molecule has 1 saturated heterocycles. The van der Waals surface area contributed by atoms with E-state index in [1.807, 2.05) is 0 Å². The van der Waals surface area contributed by atoms with Crippen LogP contribution in [0.1, 0.15) is 50.6 Å². The molecule has 1 aliphatic rings. The number of primary amides is 1. The third-order valence-corrected chi connectivity index (χ3v) is 6.31. The lowest BCUT2D eigenvalue weighted by atomic mass is 10.1. The molecule has 0 aliphatic carbocycles. The number of piperidine rings is 1. The van der Waals surface area contributed by atoms with Gasteiger partial charge >= 0.3 is 0 Å². The molecule has 0 unspecified atom stereocenters. The largest absolute Gasteiger partial charge is 0.364 e. The number of aromatic nitrogens is 2. The smallest absolute Gasteiger partial charge is 0.272 e. The summed E-state index contributed by atoms with van der Waals surface area (Å²) >= 11 is 6.03. The Morgan fingerprint density at radius 2 is 1.81 bits per heavy atom. The van der Waals surface area contributed by atoms with Crippen molar-refractivity contribution in [2.24, 2.45) is 5.73 Å². The van der Waals surface area contributed by atoms with Gasteiger partial charge in [-0.15, -0.1) is 0 Å². The van der Waals surface area contributed by atoms with Crippen LogP contribution in [0.3, 0.4) is 0 Å². The van der Waals surface area contributed by atoms with Gasteiger partial charge in [0.05, 0.1) is 22.0 Å². The number of likely N-dealkylation sites (tertiary alicyclic amines) is 1. The minimum absolute atomic E-state index is 0.0833. The van der Waals surface area contributed by atoms with Crippen LogP contribution in [0.2, 0.25) is 5.02 Å². The predicted octanol–water partition coefficient (Wildman–Crippen LogP) is 3.23. The van der Waals surface area contributed by atoms with Gasteiger partial charge in [0.1, 0.15) is 17.8 Å². The predicted molar refractivity (Wildman–Crippen MR) is 134 cm³/mol. The molecule has 11 heteroatoms. The minimum Gasteiger partial charge on any atom is -0.364 e. The van der Waals surface area contributed by atoms with Crippen molar-refractivity contribution in [3.8, 4) is 5.69 Å². The van der Waals surface area contributed by atoms with Crippen LogP contribution in [0.15, 0.2) is 48.8 Å². The van der Waals surface area contributed by atoms with Crippen LogP contribution in [-0.4, -0.2) is 58.4 Å². The monoisotopic (exact) mass is 512 g/mol. The Morgan fingerprint density at radius 1 is 1.06 bits per heavy atom. The molecule has 2 heterocycles. The lowest BCUT2D eigenvalue weighted by Crippen LogP contribution is -2.38. The van der Waals surface area contributed by atoms with E-state index in [2.05, 4.69) is 20.5 Å². The van der Waals surface area contributed by atoms with Gasteiger partial charge in [-0.3, -0.25) is 19.0 Å². The molecule has 3 amide bonds. The molecule has 1 aliphatic heterocycles. The van der Waals surface area contributed by atoms with Crippen molar-refractivity contribution in [2.45, 2.75) is 19.3 Å². The van der Waals surface area contributed by atoms with Gasteiger partial charge in [0.15, 0.2) is 5.69 Å². The van der Waals surface area contributed by atoms with Crippen molar-refractivity contribution < 1.29 is 18.8 Å². The zero-order chi connectivity index (χ0) is 25.7. The van der Waals surface area contributed by atoms with Crippen LogP contribution < -0.4 is 16.4 Å².